The molecule has 1 saturated carbocycles. The molecule has 0 aromatic rings. The number of carbonyl (C=O) groups is 1. The van der Waals surface area contributed by atoms with Crippen LogP contribution in [0.3, 0.4) is 0 Å². The largest absolute Gasteiger partial charge is 0.343 e. The first kappa shape index (κ1) is 14.8. The monoisotopic (exact) mass is 267 g/mol. The Morgan fingerprint density at radius 3 is 2.42 bits per heavy atom. The number of rotatable bonds is 7. The smallest absolute Gasteiger partial charge is 0.224 e. The van der Waals surface area contributed by atoms with Crippen molar-refractivity contribution in [2.75, 3.05) is 26.2 Å². The highest BCUT2D eigenvalue weighted by Gasteiger charge is 2.35. The number of carbonyl (C=O) groups excluding carboxylic acids is 1. The molecule has 4 heteroatoms. The van der Waals surface area contributed by atoms with Crippen LogP contribution in [0, 0.1) is 5.92 Å². The summed E-state index contributed by atoms with van der Waals surface area (Å²) in [6, 6.07) is 0.922. The number of hydrogen-bond acceptors (Lipinski definition) is 3. The van der Waals surface area contributed by atoms with Crippen LogP contribution < -0.4 is 5.73 Å². The summed E-state index contributed by atoms with van der Waals surface area (Å²) in [4.78, 5) is 16.8. The Labute approximate surface area is 117 Å². The molecule has 19 heavy (non-hydrogen) atoms. The molecule has 0 aromatic heterocycles. The van der Waals surface area contributed by atoms with E-state index in [1.807, 2.05) is 4.90 Å². The molecule has 2 aliphatic rings. The second-order valence-electron chi connectivity index (χ2n) is 6.50. The van der Waals surface area contributed by atoms with Gasteiger partial charge in [-0.05, 0) is 31.6 Å². The fourth-order valence-electron chi connectivity index (χ4n) is 3.06. The Morgan fingerprint density at radius 2 is 1.95 bits per heavy atom. The van der Waals surface area contributed by atoms with Crippen molar-refractivity contribution in [1.29, 1.82) is 0 Å². The van der Waals surface area contributed by atoms with Gasteiger partial charge in [-0.15, -0.1) is 0 Å². The van der Waals surface area contributed by atoms with E-state index in [1.165, 1.54) is 12.8 Å². The van der Waals surface area contributed by atoms with Crippen molar-refractivity contribution < 1.29 is 4.79 Å². The number of amides is 1. The summed E-state index contributed by atoms with van der Waals surface area (Å²) in [7, 11) is 0. The van der Waals surface area contributed by atoms with E-state index in [1.54, 1.807) is 0 Å². The third-order valence-corrected chi connectivity index (χ3v) is 4.20. The molecule has 110 valence electrons. The second kappa shape index (κ2) is 6.71. The van der Waals surface area contributed by atoms with Crippen LogP contribution in [-0.4, -0.2) is 54.0 Å². The molecule has 4 nitrogen and oxygen atoms in total. The highest BCUT2D eigenvalue weighted by atomic mass is 16.2. The van der Waals surface area contributed by atoms with E-state index in [-0.39, 0.29) is 6.04 Å². The number of nitrogens with two attached hydrogens (primary N) is 1. The number of nitrogens with zero attached hydrogens (tertiary/aromatic N) is 2. The number of likely N-dealkylation sites (tertiary alicyclic amines) is 1. The van der Waals surface area contributed by atoms with Crippen molar-refractivity contribution in [2.45, 2.75) is 58.0 Å². The van der Waals surface area contributed by atoms with E-state index in [0.29, 0.717) is 30.8 Å². The SMILES string of the molecule is CC(C)CN(C1CC1)C(CN)CC(=O)N1CCCC1. The Bertz CT molecular complexity index is 296. The van der Waals surface area contributed by atoms with Crippen LogP contribution in [0.2, 0.25) is 0 Å². The zero-order chi connectivity index (χ0) is 13.8. The molecule has 1 atom stereocenters. The first-order valence-corrected chi connectivity index (χ1v) is 7.85. The molecule has 1 aliphatic carbocycles. The molecule has 1 heterocycles. The molecule has 2 rings (SSSR count). The van der Waals surface area contributed by atoms with Gasteiger partial charge in [0.15, 0.2) is 0 Å². The zero-order valence-electron chi connectivity index (χ0n) is 12.5. The summed E-state index contributed by atoms with van der Waals surface area (Å²) in [5, 5.41) is 0. The van der Waals surface area contributed by atoms with Crippen LogP contribution in [-0.2, 0) is 4.79 Å². The minimum absolute atomic E-state index is 0.239. The van der Waals surface area contributed by atoms with E-state index in [4.69, 9.17) is 5.73 Å². The minimum atomic E-state index is 0.239. The van der Waals surface area contributed by atoms with E-state index in [2.05, 4.69) is 18.7 Å². The molecule has 1 amide bonds. The maximum absolute atomic E-state index is 12.3. The van der Waals surface area contributed by atoms with Crippen molar-refractivity contribution in [2.24, 2.45) is 11.7 Å². The van der Waals surface area contributed by atoms with Gasteiger partial charge in [-0.2, -0.15) is 0 Å². The van der Waals surface area contributed by atoms with Gasteiger partial charge in [-0.25, -0.2) is 0 Å². The first-order valence-electron chi connectivity index (χ1n) is 7.85. The zero-order valence-corrected chi connectivity index (χ0v) is 12.5. The maximum Gasteiger partial charge on any atom is 0.224 e. The maximum atomic E-state index is 12.3. The van der Waals surface area contributed by atoms with Gasteiger partial charge in [0.1, 0.15) is 0 Å². The van der Waals surface area contributed by atoms with Gasteiger partial charge in [-0.1, -0.05) is 13.8 Å². The van der Waals surface area contributed by atoms with Crippen molar-refractivity contribution in [3.63, 3.8) is 0 Å². The van der Waals surface area contributed by atoms with Gasteiger partial charge >= 0.3 is 0 Å². The van der Waals surface area contributed by atoms with Gasteiger partial charge in [0.2, 0.25) is 5.91 Å². The Balaban J connectivity index is 1.90. The molecule has 0 radical (unpaired) electrons. The Morgan fingerprint density at radius 1 is 1.32 bits per heavy atom. The summed E-state index contributed by atoms with van der Waals surface area (Å²) in [6.45, 7) is 8.05. The highest BCUT2D eigenvalue weighted by Crippen LogP contribution is 2.30. The quantitative estimate of drug-likeness (QED) is 0.759. The fraction of sp³-hybridized carbons (Fsp3) is 0.933. The van der Waals surface area contributed by atoms with Gasteiger partial charge in [0.25, 0.3) is 0 Å². The van der Waals surface area contributed by atoms with Crippen LogP contribution in [0.25, 0.3) is 0 Å². The average molecular weight is 267 g/mol. The highest BCUT2D eigenvalue weighted by molar-refractivity contribution is 5.77. The summed E-state index contributed by atoms with van der Waals surface area (Å²) >= 11 is 0. The molecule has 0 bridgehead atoms. The third kappa shape index (κ3) is 4.18. The summed E-state index contributed by atoms with van der Waals surface area (Å²) in [5.74, 6) is 0.943. The molecule has 2 N–H and O–H groups in total. The fourth-order valence-corrected chi connectivity index (χ4v) is 3.06. The Hall–Kier alpha value is -0.610. The minimum Gasteiger partial charge on any atom is -0.343 e. The second-order valence-corrected chi connectivity index (χ2v) is 6.50. The van der Waals surface area contributed by atoms with Crippen molar-refractivity contribution in [3.05, 3.63) is 0 Å². The standard InChI is InChI=1S/C15H29N3O/c1-12(2)11-18(13-5-6-13)14(10-16)9-15(19)17-7-3-4-8-17/h12-14H,3-11,16H2,1-2H3. The van der Waals surface area contributed by atoms with Crippen LogP contribution >= 0.6 is 0 Å². The lowest BCUT2D eigenvalue weighted by molar-refractivity contribution is -0.131. The van der Waals surface area contributed by atoms with E-state index in [0.717, 1.165) is 32.5 Å². The molecular formula is C15H29N3O. The van der Waals surface area contributed by atoms with E-state index < -0.39 is 0 Å². The van der Waals surface area contributed by atoms with Crippen LogP contribution in [0.1, 0.15) is 46.0 Å². The van der Waals surface area contributed by atoms with E-state index >= 15 is 0 Å². The number of hydrogen-bond donors (Lipinski definition) is 1. The lowest BCUT2D eigenvalue weighted by atomic mass is 10.1. The van der Waals surface area contributed by atoms with Gasteiger partial charge in [0, 0.05) is 44.7 Å². The topological polar surface area (TPSA) is 49.6 Å². The van der Waals surface area contributed by atoms with Crippen molar-refractivity contribution in [1.82, 2.24) is 9.80 Å². The van der Waals surface area contributed by atoms with Crippen LogP contribution in [0.15, 0.2) is 0 Å². The van der Waals surface area contributed by atoms with Crippen molar-refractivity contribution >= 4 is 5.91 Å². The average Bonchev–Trinajstić information content (AvgIpc) is 3.06. The summed E-state index contributed by atoms with van der Waals surface area (Å²) in [5.41, 5.74) is 5.95. The summed E-state index contributed by atoms with van der Waals surface area (Å²) < 4.78 is 0. The lowest BCUT2D eigenvalue weighted by Gasteiger charge is -2.33. The van der Waals surface area contributed by atoms with E-state index in [9.17, 15) is 4.79 Å². The molecular weight excluding hydrogens is 238 g/mol. The molecule has 1 aliphatic heterocycles. The molecule has 1 unspecified atom stereocenters. The van der Waals surface area contributed by atoms with Crippen LogP contribution in [0.4, 0.5) is 0 Å². The Kier molecular flexibility index (Phi) is 5.22. The summed E-state index contributed by atoms with van der Waals surface area (Å²) in [6.07, 6.45) is 5.50. The molecule has 0 aromatic carbocycles. The predicted molar refractivity (Wildman–Crippen MR) is 77.8 cm³/mol. The predicted octanol–water partition coefficient (Wildman–Crippen LogP) is 1.45. The van der Waals surface area contributed by atoms with Gasteiger partial charge < -0.3 is 10.6 Å². The molecule has 1 saturated heterocycles. The van der Waals surface area contributed by atoms with Crippen molar-refractivity contribution in [3.8, 4) is 0 Å². The lowest BCUT2D eigenvalue weighted by Crippen LogP contribution is -2.47. The van der Waals surface area contributed by atoms with Gasteiger partial charge in [-0.3, -0.25) is 9.69 Å². The van der Waals surface area contributed by atoms with Crippen LogP contribution in [0.5, 0.6) is 0 Å². The molecule has 2 fully saturated rings. The van der Waals surface area contributed by atoms with Gasteiger partial charge in [0.05, 0.1) is 0 Å². The normalized spacial score (nSPS) is 21.4. The third-order valence-electron chi connectivity index (χ3n) is 4.20. The molecule has 0 spiro atoms. The first-order chi connectivity index (χ1) is 9.11.